The normalized spacial score (nSPS) is 19.4. The van der Waals surface area contributed by atoms with E-state index in [1.807, 2.05) is 55.5 Å². The van der Waals surface area contributed by atoms with Gasteiger partial charge >= 0.3 is 5.97 Å². The lowest BCUT2D eigenvalue weighted by atomic mass is 9.92. The molecule has 0 spiro atoms. The molecule has 0 heterocycles. The molecule has 0 saturated heterocycles. The SMILES string of the molecule is COc1ccc2ccccc2c1-c1c(OC(=O)[C@]2(C)CC2(Br)Br)ccc2ccccc12. The number of carbonyl (C=O) groups is 1. The number of rotatable bonds is 4. The lowest BCUT2D eigenvalue weighted by Crippen LogP contribution is -2.23. The van der Waals surface area contributed by atoms with E-state index in [0.29, 0.717) is 12.2 Å². The Morgan fingerprint density at radius 3 is 1.81 bits per heavy atom. The van der Waals surface area contributed by atoms with Crippen molar-refractivity contribution in [2.24, 2.45) is 5.41 Å². The third kappa shape index (κ3) is 3.26. The summed E-state index contributed by atoms with van der Waals surface area (Å²) in [5.74, 6) is 1.000. The zero-order chi connectivity index (χ0) is 21.8. The second-order valence-electron chi connectivity index (χ2n) is 8.13. The second-order valence-corrected chi connectivity index (χ2v) is 11.9. The van der Waals surface area contributed by atoms with Crippen molar-refractivity contribution in [1.82, 2.24) is 0 Å². The highest BCUT2D eigenvalue weighted by molar-refractivity contribution is 9.25. The van der Waals surface area contributed by atoms with E-state index in [-0.39, 0.29) is 5.97 Å². The minimum Gasteiger partial charge on any atom is -0.496 e. The maximum Gasteiger partial charge on any atom is 0.319 e. The van der Waals surface area contributed by atoms with Gasteiger partial charge in [-0.15, -0.1) is 0 Å². The number of fused-ring (bicyclic) bond motifs is 2. The number of hydrogen-bond acceptors (Lipinski definition) is 3. The zero-order valence-electron chi connectivity index (χ0n) is 17.1. The van der Waals surface area contributed by atoms with E-state index >= 15 is 0 Å². The highest BCUT2D eigenvalue weighted by Crippen LogP contribution is 2.66. The van der Waals surface area contributed by atoms with Gasteiger partial charge in [0.2, 0.25) is 0 Å². The largest absolute Gasteiger partial charge is 0.496 e. The number of hydrogen-bond donors (Lipinski definition) is 0. The summed E-state index contributed by atoms with van der Waals surface area (Å²) in [4.78, 5) is 13.1. The Labute approximate surface area is 197 Å². The van der Waals surface area contributed by atoms with Crippen LogP contribution in [0.3, 0.4) is 0 Å². The van der Waals surface area contributed by atoms with Gasteiger partial charge in [0.15, 0.2) is 0 Å². The number of methoxy groups -OCH3 is 1. The van der Waals surface area contributed by atoms with Gasteiger partial charge in [-0.2, -0.15) is 0 Å². The average molecular weight is 540 g/mol. The van der Waals surface area contributed by atoms with Gasteiger partial charge in [-0.05, 0) is 47.0 Å². The predicted molar refractivity (Wildman–Crippen MR) is 132 cm³/mol. The van der Waals surface area contributed by atoms with Crippen LogP contribution in [0.25, 0.3) is 32.7 Å². The van der Waals surface area contributed by atoms with Gasteiger partial charge in [-0.3, -0.25) is 4.79 Å². The first-order valence-electron chi connectivity index (χ1n) is 10.0. The average Bonchev–Trinajstić information content (AvgIpc) is 3.31. The van der Waals surface area contributed by atoms with Crippen molar-refractivity contribution in [1.29, 1.82) is 0 Å². The van der Waals surface area contributed by atoms with E-state index in [2.05, 4.69) is 56.1 Å². The monoisotopic (exact) mass is 538 g/mol. The van der Waals surface area contributed by atoms with Crippen LogP contribution in [0.5, 0.6) is 11.5 Å². The van der Waals surface area contributed by atoms with Crippen LogP contribution in [0, 0.1) is 5.41 Å². The summed E-state index contributed by atoms with van der Waals surface area (Å²) in [6.45, 7) is 1.90. The van der Waals surface area contributed by atoms with Crippen LogP contribution >= 0.6 is 31.9 Å². The molecular weight excluding hydrogens is 520 g/mol. The quantitative estimate of drug-likeness (QED) is 0.153. The van der Waals surface area contributed by atoms with E-state index in [9.17, 15) is 4.79 Å². The number of benzene rings is 4. The highest BCUT2D eigenvalue weighted by Gasteiger charge is 2.68. The molecule has 4 aromatic rings. The Morgan fingerprint density at radius 1 is 0.806 bits per heavy atom. The van der Waals surface area contributed by atoms with Gasteiger partial charge in [0.25, 0.3) is 0 Å². The molecule has 156 valence electrons. The smallest absolute Gasteiger partial charge is 0.319 e. The first kappa shape index (κ1) is 20.5. The lowest BCUT2D eigenvalue weighted by Gasteiger charge is -2.19. The Hall–Kier alpha value is -2.37. The van der Waals surface area contributed by atoms with Crippen LogP contribution in [0.2, 0.25) is 0 Å². The van der Waals surface area contributed by atoms with Crippen molar-refractivity contribution >= 4 is 59.4 Å². The molecular formula is C26H20Br2O3. The third-order valence-electron chi connectivity index (χ3n) is 6.16. The maximum atomic E-state index is 13.1. The summed E-state index contributed by atoms with van der Waals surface area (Å²) >= 11 is 7.15. The van der Waals surface area contributed by atoms with Gasteiger partial charge in [0.1, 0.15) is 11.5 Å². The molecule has 0 aromatic heterocycles. The number of halogens is 2. The molecule has 0 aliphatic heterocycles. The van der Waals surface area contributed by atoms with Crippen molar-refractivity contribution < 1.29 is 14.3 Å². The molecule has 0 bridgehead atoms. The van der Waals surface area contributed by atoms with E-state index in [1.165, 1.54) is 0 Å². The third-order valence-corrected chi connectivity index (χ3v) is 8.47. The number of alkyl halides is 2. The van der Waals surface area contributed by atoms with Gasteiger partial charge < -0.3 is 9.47 Å². The molecule has 0 amide bonds. The molecule has 5 heteroatoms. The molecule has 3 nitrogen and oxygen atoms in total. The molecule has 1 atom stereocenters. The minimum absolute atomic E-state index is 0.267. The summed E-state index contributed by atoms with van der Waals surface area (Å²) in [6.07, 6.45) is 0.666. The number of esters is 1. The fraction of sp³-hybridized carbons (Fsp3) is 0.192. The van der Waals surface area contributed by atoms with Crippen LogP contribution < -0.4 is 9.47 Å². The molecule has 1 saturated carbocycles. The van der Waals surface area contributed by atoms with Crippen molar-refractivity contribution in [2.45, 2.75) is 16.6 Å². The topological polar surface area (TPSA) is 35.5 Å². The van der Waals surface area contributed by atoms with Gasteiger partial charge in [0, 0.05) is 11.1 Å². The van der Waals surface area contributed by atoms with Gasteiger partial charge in [-0.1, -0.05) is 92.5 Å². The summed E-state index contributed by atoms with van der Waals surface area (Å²) < 4.78 is 11.4. The van der Waals surface area contributed by atoms with E-state index < -0.39 is 8.65 Å². The summed E-state index contributed by atoms with van der Waals surface area (Å²) in [6, 6.07) is 24.2. The maximum absolute atomic E-state index is 13.1. The first-order chi connectivity index (χ1) is 14.9. The molecule has 1 aliphatic carbocycles. The second kappa shape index (κ2) is 7.35. The summed E-state index contributed by atoms with van der Waals surface area (Å²) in [5, 5.41) is 4.22. The number of carbonyl (C=O) groups excluding carboxylic acids is 1. The predicted octanol–water partition coefficient (Wildman–Crippen LogP) is 7.47. The van der Waals surface area contributed by atoms with Crippen LogP contribution in [-0.2, 0) is 4.79 Å². The Kier molecular flexibility index (Phi) is 4.87. The van der Waals surface area contributed by atoms with Crippen molar-refractivity contribution in [2.75, 3.05) is 7.11 Å². The Bertz CT molecular complexity index is 1350. The lowest BCUT2D eigenvalue weighted by molar-refractivity contribution is -0.139. The molecule has 0 N–H and O–H groups in total. The molecule has 0 unspecified atom stereocenters. The molecule has 31 heavy (non-hydrogen) atoms. The molecule has 4 aromatic carbocycles. The summed E-state index contributed by atoms with van der Waals surface area (Å²) in [5.41, 5.74) is 1.16. The van der Waals surface area contributed by atoms with E-state index in [0.717, 1.165) is 38.4 Å². The standard InChI is InChI=1S/C26H20Br2O3/c1-25(15-26(25,27)28)24(29)31-21-14-12-17-8-4-6-10-19(17)23(21)22-18-9-5-3-7-16(18)11-13-20(22)30-2/h3-14H,15H2,1-2H3/t25-/m0/s1. The number of ether oxygens (including phenoxy) is 2. The van der Waals surface area contributed by atoms with Crippen molar-refractivity contribution in [3.63, 3.8) is 0 Å². The fourth-order valence-corrected chi connectivity index (χ4v) is 5.55. The fourth-order valence-electron chi connectivity index (χ4n) is 4.11. The molecule has 1 aliphatic rings. The van der Waals surface area contributed by atoms with Crippen molar-refractivity contribution in [3.8, 4) is 22.6 Å². The van der Waals surface area contributed by atoms with Gasteiger partial charge in [-0.25, -0.2) is 0 Å². The van der Waals surface area contributed by atoms with E-state index in [1.54, 1.807) is 7.11 Å². The molecule has 0 radical (unpaired) electrons. The van der Waals surface area contributed by atoms with Crippen LogP contribution in [0.15, 0.2) is 72.8 Å². The van der Waals surface area contributed by atoms with Gasteiger partial charge in [0.05, 0.1) is 15.8 Å². The van der Waals surface area contributed by atoms with Crippen LogP contribution in [0.1, 0.15) is 13.3 Å². The summed E-state index contributed by atoms with van der Waals surface area (Å²) in [7, 11) is 1.67. The van der Waals surface area contributed by atoms with Crippen LogP contribution in [0.4, 0.5) is 0 Å². The highest BCUT2D eigenvalue weighted by atomic mass is 79.9. The molecule has 1 fully saturated rings. The zero-order valence-corrected chi connectivity index (χ0v) is 20.3. The van der Waals surface area contributed by atoms with Crippen LogP contribution in [-0.4, -0.2) is 16.3 Å². The molecule has 5 rings (SSSR count). The Morgan fingerprint density at radius 2 is 1.29 bits per heavy atom. The van der Waals surface area contributed by atoms with Crippen molar-refractivity contribution in [3.05, 3.63) is 72.8 Å². The van der Waals surface area contributed by atoms with E-state index in [4.69, 9.17) is 9.47 Å². The first-order valence-corrected chi connectivity index (χ1v) is 11.6. The minimum atomic E-state index is -0.626. The Balaban J connectivity index is 1.78.